The van der Waals surface area contributed by atoms with E-state index in [2.05, 4.69) is 10.6 Å². The number of furan rings is 1. The fourth-order valence-corrected chi connectivity index (χ4v) is 3.12. The first-order valence-corrected chi connectivity index (χ1v) is 8.80. The van der Waals surface area contributed by atoms with Crippen LogP contribution in [-0.2, 0) is 4.79 Å². The van der Waals surface area contributed by atoms with E-state index in [1.54, 1.807) is 24.3 Å². The van der Waals surface area contributed by atoms with Crippen LogP contribution in [-0.4, -0.2) is 17.4 Å². The molecule has 1 heterocycles. The van der Waals surface area contributed by atoms with E-state index in [-0.39, 0.29) is 24.6 Å². The number of benzene rings is 3. The Hall–Kier alpha value is -3.87. The van der Waals surface area contributed by atoms with Gasteiger partial charge in [0.05, 0.1) is 4.92 Å². The van der Waals surface area contributed by atoms with E-state index < -0.39 is 4.92 Å². The number of nitrogens with zero attached hydrogens (tertiary/aromatic N) is 1. The Labute approximate surface area is 160 Å². The molecule has 0 atom stereocenters. The van der Waals surface area contributed by atoms with E-state index in [0.717, 1.165) is 21.9 Å². The summed E-state index contributed by atoms with van der Waals surface area (Å²) in [6, 6.07) is 19.6. The highest BCUT2D eigenvalue weighted by molar-refractivity contribution is 6.06. The maximum Gasteiger partial charge on any atom is 0.292 e. The Kier molecular flexibility index (Phi) is 4.63. The molecule has 1 aromatic heterocycles. The van der Waals surface area contributed by atoms with Crippen molar-refractivity contribution in [3.8, 4) is 0 Å². The number of amides is 1. The Bertz CT molecular complexity index is 1180. The molecule has 4 rings (SSSR count). The first-order valence-electron chi connectivity index (χ1n) is 8.80. The van der Waals surface area contributed by atoms with Crippen LogP contribution < -0.4 is 10.6 Å². The highest BCUT2D eigenvalue weighted by Crippen LogP contribution is 2.30. The van der Waals surface area contributed by atoms with Gasteiger partial charge < -0.3 is 15.1 Å². The Morgan fingerprint density at radius 1 is 0.964 bits per heavy atom. The van der Waals surface area contributed by atoms with Gasteiger partial charge in [-0.3, -0.25) is 14.9 Å². The Morgan fingerprint density at radius 3 is 2.57 bits per heavy atom. The summed E-state index contributed by atoms with van der Waals surface area (Å²) in [5, 5.41) is 18.7. The number of carbonyl (C=O) groups is 1. The van der Waals surface area contributed by atoms with Crippen LogP contribution >= 0.6 is 0 Å². The maximum atomic E-state index is 12.3. The molecule has 2 N–H and O–H groups in total. The minimum Gasteiger partial charge on any atom is -0.456 e. The molecular formula is C21H17N3O4. The van der Waals surface area contributed by atoms with Gasteiger partial charge in [0.15, 0.2) is 0 Å². The summed E-state index contributed by atoms with van der Waals surface area (Å²) in [4.78, 5) is 22.8. The minimum absolute atomic E-state index is 0.0137. The van der Waals surface area contributed by atoms with Crippen LogP contribution in [0.15, 0.2) is 71.1 Å². The van der Waals surface area contributed by atoms with Gasteiger partial charge in [-0.1, -0.05) is 30.3 Å². The number of carbonyl (C=O) groups excluding carboxylic acids is 1. The zero-order valence-corrected chi connectivity index (χ0v) is 14.8. The fourth-order valence-electron chi connectivity index (χ4n) is 3.12. The summed E-state index contributed by atoms with van der Waals surface area (Å²) in [6.07, 6.45) is 0.177. The average Bonchev–Trinajstić information content (AvgIpc) is 3.06. The third-order valence-electron chi connectivity index (χ3n) is 4.43. The zero-order chi connectivity index (χ0) is 19.5. The summed E-state index contributed by atoms with van der Waals surface area (Å²) in [6.45, 7) is 0.285. The molecule has 1 amide bonds. The molecule has 7 heteroatoms. The second kappa shape index (κ2) is 7.40. The number of hydrogen-bond donors (Lipinski definition) is 2. The van der Waals surface area contributed by atoms with Gasteiger partial charge in [0.2, 0.25) is 5.91 Å². The molecule has 0 radical (unpaired) electrons. The molecule has 28 heavy (non-hydrogen) atoms. The van der Waals surface area contributed by atoms with Crippen LogP contribution in [0.4, 0.5) is 17.1 Å². The number of rotatable bonds is 6. The largest absolute Gasteiger partial charge is 0.456 e. The monoisotopic (exact) mass is 375 g/mol. The van der Waals surface area contributed by atoms with Gasteiger partial charge in [-0.05, 0) is 30.3 Å². The van der Waals surface area contributed by atoms with Gasteiger partial charge in [0.1, 0.15) is 16.9 Å². The van der Waals surface area contributed by atoms with Crippen LogP contribution in [0.2, 0.25) is 0 Å². The number of nitro benzene ring substituents is 1. The van der Waals surface area contributed by atoms with Gasteiger partial charge in [-0.15, -0.1) is 0 Å². The van der Waals surface area contributed by atoms with Crippen molar-refractivity contribution < 1.29 is 14.1 Å². The van der Waals surface area contributed by atoms with Gasteiger partial charge >= 0.3 is 0 Å². The molecule has 140 valence electrons. The smallest absolute Gasteiger partial charge is 0.292 e. The van der Waals surface area contributed by atoms with Gasteiger partial charge in [0.25, 0.3) is 5.69 Å². The van der Waals surface area contributed by atoms with Crippen LogP contribution in [0.25, 0.3) is 21.9 Å². The van der Waals surface area contributed by atoms with E-state index in [9.17, 15) is 14.9 Å². The minimum atomic E-state index is -0.452. The van der Waals surface area contributed by atoms with Crippen molar-refractivity contribution in [2.24, 2.45) is 0 Å². The second-order valence-electron chi connectivity index (χ2n) is 6.31. The zero-order valence-electron chi connectivity index (χ0n) is 14.8. The van der Waals surface area contributed by atoms with E-state index in [1.165, 1.54) is 6.07 Å². The molecular weight excluding hydrogens is 358 g/mol. The molecule has 0 saturated carbocycles. The maximum absolute atomic E-state index is 12.3. The van der Waals surface area contributed by atoms with Gasteiger partial charge in [0, 0.05) is 35.5 Å². The molecule has 0 unspecified atom stereocenters. The summed E-state index contributed by atoms with van der Waals surface area (Å²) in [7, 11) is 0. The normalized spacial score (nSPS) is 10.9. The number of anilines is 2. The van der Waals surface area contributed by atoms with Crippen molar-refractivity contribution in [2.75, 3.05) is 17.2 Å². The average molecular weight is 375 g/mol. The van der Waals surface area contributed by atoms with E-state index in [4.69, 9.17) is 4.42 Å². The first kappa shape index (κ1) is 17.5. The van der Waals surface area contributed by atoms with Gasteiger partial charge in [-0.2, -0.15) is 0 Å². The number of nitrogens with one attached hydrogen (secondary N) is 2. The molecule has 0 fully saturated rings. The number of fused-ring (bicyclic) bond motifs is 3. The molecule has 0 aliphatic carbocycles. The highest BCUT2D eigenvalue weighted by Gasteiger charge is 2.12. The van der Waals surface area contributed by atoms with E-state index >= 15 is 0 Å². The topological polar surface area (TPSA) is 97.4 Å². The van der Waals surface area contributed by atoms with Crippen LogP contribution in [0.1, 0.15) is 6.42 Å². The van der Waals surface area contributed by atoms with Crippen molar-refractivity contribution in [1.82, 2.24) is 0 Å². The lowest BCUT2D eigenvalue weighted by molar-refractivity contribution is -0.384. The summed E-state index contributed by atoms with van der Waals surface area (Å²) in [5.74, 6) is -0.182. The van der Waals surface area contributed by atoms with Crippen LogP contribution in [0, 0.1) is 10.1 Å². The third-order valence-corrected chi connectivity index (χ3v) is 4.43. The number of hydrogen-bond acceptors (Lipinski definition) is 5. The quantitative estimate of drug-likeness (QED) is 0.368. The molecule has 0 saturated heterocycles. The lowest BCUT2D eigenvalue weighted by Crippen LogP contribution is -2.16. The molecule has 0 aliphatic heterocycles. The van der Waals surface area contributed by atoms with Gasteiger partial charge in [-0.25, -0.2) is 0 Å². The summed E-state index contributed by atoms with van der Waals surface area (Å²) in [5.41, 5.74) is 2.62. The SMILES string of the molecule is O=C(CCNc1ccccc1[N+](=O)[O-])Nc1ccc2oc3ccccc3c2c1. The number of nitro groups is 1. The molecule has 4 aromatic rings. The van der Waals surface area contributed by atoms with Crippen LogP contribution in [0.3, 0.4) is 0 Å². The molecule has 7 nitrogen and oxygen atoms in total. The first-order chi connectivity index (χ1) is 13.6. The predicted molar refractivity (Wildman–Crippen MR) is 109 cm³/mol. The second-order valence-corrected chi connectivity index (χ2v) is 6.31. The van der Waals surface area contributed by atoms with Crippen molar-refractivity contribution in [2.45, 2.75) is 6.42 Å². The summed E-state index contributed by atoms with van der Waals surface area (Å²) < 4.78 is 5.78. The summed E-state index contributed by atoms with van der Waals surface area (Å²) >= 11 is 0. The van der Waals surface area contributed by atoms with Crippen molar-refractivity contribution in [3.63, 3.8) is 0 Å². The molecule has 0 spiro atoms. The molecule has 0 aliphatic rings. The van der Waals surface area contributed by atoms with Crippen LogP contribution in [0.5, 0.6) is 0 Å². The Morgan fingerprint density at radius 2 is 1.71 bits per heavy atom. The van der Waals surface area contributed by atoms with Crippen molar-refractivity contribution >= 4 is 44.9 Å². The predicted octanol–water partition coefficient (Wildman–Crippen LogP) is 4.93. The van der Waals surface area contributed by atoms with Crippen molar-refractivity contribution in [1.29, 1.82) is 0 Å². The lowest BCUT2D eigenvalue weighted by Gasteiger charge is -2.08. The van der Waals surface area contributed by atoms with E-state index in [0.29, 0.717) is 11.4 Å². The standard InChI is InChI=1S/C21H17N3O4/c25-21(11-12-22-17-6-2-3-7-18(17)24(26)27)23-14-9-10-20-16(13-14)15-5-1-4-8-19(15)28-20/h1-10,13,22H,11-12H2,(H,23,25). The number of para-hydroxylation sites is 3. The fraction of sp³-hybridized carbons (Fsp3) is 0.0952. The third kappa shape index (κ3) is 3.50. The van der Waals surface area contributed by atoms with E-state index in [1.807, 2.05) is 36.4 Å². The highest BCUT2D eigenvalue weighted by atomic mass is 16.6. The lowest BCUT2D eigenvalue weighted by atomic mass is 10.1. The molecule has 0 bridgehead atoms. The Balaban J connectivity index is 1.41. The molecule has 3 aromatic carbocycles. The van der Waals surface area contributed by atoms with Crippen molar-refractivity contribution in [3.05, 3.63) is 76.8 Å².